The minimum absolute atomic E-state index is 0.322. The molecule has 3 heteroatoms. The van der Waals surface area contributed by atoms with Crippen molar-refractivity contribution >= 4 is 0 Å². The number of rotatable bonds is 2. The molecule has 1 aliphatic rings. The molecule has 0 bridgehead atoms. The average Bonchev–Trinajstić information content (AvgIpc) is 2.26. The highest BCUT2D eigenvalue weighted by Gasteiger charge is 2.17. The number of hydrogen-bond acceptors (Lipinski definition) is 3. The molecule has 1 atom stereocenters. The van der Waals surface area contributed by atoms with Crippen molar-refractivity contribution in [3.8, 4) is 5.75 Å². The van der Waals surface area contributed by atoms with Gasteiger partial charge < -0.3 is 9.84 Å². The first-order valence-electron chi connectivity index (χ1n) is 6.19. The average molecular weight is 235 g/mol. The Bertz CT molecular complexity index is 380. The highest BCUT2D eigenvalue weighted by Crippen LogP contribution is 2.24. The van der Waals surface area contributed by atoms with E-state index in [2.05, 4.69) is 24.0 Å². The van der Waals surface area contributed by atoms with E-state index in [4.69, 9.17) is 4.74 Å². The summed E-state index contributed by atoms with van der Waals surface area (Å²) >= 11 is 0. The second-order valence-electron chi connectivity index (χ2n) is 4.99. The molecule has 94 valence electrons. The predicted octanol–water partition coefficient (Wildman–Crippen LogP) is 2.23. The minimum atomic E-state index is 0.322. The molecule has 1 aromatic rings. The van der Waals surface area contributed by atoms with Crippen molar-refractivity contribution in [1.82, 2.24) is 4.90 Å². The molecule has 0 aromatic heterocycles. The highest BCUT2D eigenvalue weighted by atomic mass is 16.5. The third kappa shape index (κ3) is 2.99. The first-order chi connectivity index (χ1) is 8.06. The fraction of sp³-hybridized carbons (Fsp3) is 0.571. The number of aryl methyl sites for hydroxylation is 2. The maximum Gasteiger partial charge on any atom is 0.121 e. The quantitative estimate of drug-likeness (QED) is 0.853. The Morgan fingerprint density at radius 1 is 1.35 bits per heavy atom. The molecule has 3 nitrogen and oxygen atoms in total. The number of ether oxygens (including phenoxy) is 1. The van der Waals surface area contributed by atoms with E-state index in [1.807, 2.05) is 13.8 Å². The lowest BCUT2D eigenvalue weighted by molar-refractivity contribution is -0.0212. The smallest absolute Gasteiger partial charge is 0.121 e. The monoisotopic (exact) mass is 235 g/mol. The van der Waals surface area contributed by atoms with Gasteiger partial charge in [-0.05, 0) is 37.5 Å². The summed E-state index contributed by atoms with van der Waals surface area (Å²) in [6.45, 7) is 9.75. The lowest BCUT2D eigenvalue weighted by Crippen LogP contribution is -2.40. The SMILES string of the molecule is Cc1cc(CN2CCOC(C)C2)cc(C)c1O. The molecule has 2 rings (SSSR count). The third-order valence-electron chi connectivity index (χ3n) is 3.28. The first kappa shape index (κ1) is 12.4. The van der Waals surface area contributed by atoms with Crippen molar-refractivity contribution in [2.24, 2.45) is 0 Å². The zero-order valence-electron chi connectivity index (χ0n) is 10.9. The van der Waals surface area contributed by atoms with Crippen LogP contribution in [0.5, 0.6) is 5.75 Å². The summed E-state index contributed by atoms with van der Waals surface area (Å²) in [6.07, 6.45) is 0.322. The summed E-state index contributed by atoms with van der Waals surface area (Å²) in [7, 11) is 0. The van der Waals surface area contributed by atoms with Gasteiger partial charge in [-0.3, -0.25) is 4.90 Å². The Labute approximate surface area is 103 Å². The number of aromatic hydroxyl groups is 1. The molecule has 1 fully saturated rings. The van der Waals surface area contributed by atoms with Gasteiger partial charge in [0.25, 0.3) is 0 Å². The fourth-order valence-corrected chi connectivity index (χ4v) is 2.43. The van der Waals surface area contributed by atoms with Gasteiger partial charge in [0.1, 0.15) is 5.75 Å². The van der Waals surface area contributed by atoms with Crippen LogP contribution >= 0.6 is 0 Å². The summed E-state index contributed by atoms with van der Waals surface area (Å²) < 4.78 is 5.53. The molecule has 0 amide bonds. The zero-order chi connectivity index (χ0) is 12.4. The third-order valence-corrected chi connectivity index (χ3v) is 3.28. The predicted molar refractivity (Wildman–Crippen MR) is 68.3 cm³/mol. The van der Waals surface area contributed by atoms with E-state index in [0.717, 1.165) is 37.4 Å². The topological polar surface area (TPSA) is 32.7 Å². The highest BCUT2D eigenvalue weighted by molar-refractivity contribution is 5.42. The molecule has 1 saturated heterocycles. The van der Waals surface area contributed by atoms with Crippen LogP contribution in [-0.4, -0.2) is 35.8 Å². The van der Waals surface area contributed by atoms with Crippen LogP contribution < -0.4 is 0 Å². The normalized spacial score (nSPS) is 21.7. The van der Waals surface area contributed by atoms with Crippen LogP contribution in [0.3, 0.4) is 0 Å². The molecule has 0 saturated carbocycles. The minimum Gasteiger partial charge on any atom is -0.507 e. The van der Waals surface area contributed by atoms with E-state index < -0.39 is 0 Å². The van der Waals surface area contributed by atoms with Crippen LogP contribution in [0.4, 0.5) is 0 Å². The summed E-state index contributed by atoms with van der Waals surface area (Å²) in [6, 6.07) is 4.14. The van der Waals surface area contributed by atoms with Gasteiger partial charge in [-0.1, -0.05) is 12.1 Å². The largest absolute Gasteiger partial charge is 0.507 e. The molecule has 1 heterocycles. The molecule has 1 unspecified atom stereocenters. The number of morpholine rings is 1. The zero-order valence-corrected chi connectivity index (χ0v) is 10.9. The molecular formula is C14H21NO2. The fourth-order valence-electron chi connectivity index (χ4n) is 2.43. The second kappa shape index (κ2) is 5.07. The molecule has 1 aliphatic heterocycles. The van der Waals surface area contributed by atoms with E-state index in [9.17, 15) is 5.11 Å². The van der Waals surface area contributed by atoms with Crippen LogP contribution in [0.2, 0.25) is 0 Å². The Kier molecular flexibility index (Phi) is 3.69. The van der Waals surface area contributed by atoms with E-state index in [1.54, 1.807) is 0 Å². The summed E-state index contributed by atoms with van der Waals surface area (Å²) in [5.74, 6) is 0.420. The van der Waals surface area contributed by atoms with Gasteiger partial charge in [0.05, 0.1) is 12.7 Å². The molecule has 0 aliphatic carbocycles. The molecule has 0 radical (unpaired) electrons. The molecule has 1 N–H and O–H groups in total. The van der Waals surface area contributed by atoms with Crippen molar-refractivity contribution in [2.75, 3.05) is 19.7 Å². The van der Waals surface area contributed by atoms with Gasteiger partial charge in [0, 0.05) is 19.6 Å². The first-order valence-corrected chi connectivity index (χ1v) is 6.19. The van der Waals surface area contributed by atoms with E-state index in [-0.39, 0.29) is 0 Å². The summed E-state index contributed by atoms with van der Waals surface area (Å²) in [4.78, 5) is 2.40. The van der Waals surface area contributed by atoms with Gasteiger partial charge >= 0.3 is 0 Å². The maximum atomic E-state index is 9.75. The van der Waals surface area contributed by atoms with Gasteiger partial charge in [-0.15, -0.1) is 0 Å². The van der Waals surface area contributed by atoms with Crippen molar-refractivity contribution in [3.63, 3.8) is 0 Å². The number of phenols is 1. The van der Waals surface area contributed by atoms with Crippen LogP contribution in [-0.2, 0) is 11.3 Å². The van der Waals surface area contributed by atoms with Crippen molar-refractivity contribution in [2.45, 2.75) is 33.4 Å². The van der Waals surface area contributed by atoms with Crippen LogP contribution in [0.15, 0.2) is 12.1 Å². The van der Waals surface area contributed by atoms with Crippen molar-refractivity contribution < 1.29 is 9.84 Å². The molecular weight excluding hydrogens is 214 g/mol. The summed E-state index contributed by atoms with van der Waals surface area (Å²) in [5, 5.41) is 9.75. The van der Waals surface area contributed by atoms with Crippen LogP contribution in [0, 0.1) is 13.8 Å². The number of hydrogen-bond donors (Lipinski definition) is 1. The molecule has 1 aromatic carbocycles. The van der Waals surface area contributed by atoms with Crippen molar-refractivity contribution in [3.05, 3.63) is 28.8 Å². The van der Waals surface area contributed by atoms with E-state index >= 15 is 0 Å². The maximum absolute atomic E-state index is 9.75. The van der Waals surface area contributed by atoms with Gasteiger partial charge in [0.2, 0.25) is 0 Å². The standard InChI is InChI=1S/C14H21NO2/c1-10-6-13(7-11(2)14(10)16)9-15-4-5-17-12(3)8-15/h6-7,12,16H,4-5,8-9H2,1-3H3. The Morgan fingerprint density at radius 3 is 2.59 bits per heavy atom. The molecule has 17 heavy (non-hydrogen) atoms. The number of phenolic OH excluding ortho intramolecular Hbond substituents is 1. The van der Waals surface area contributed by atoms with Crippen LogP contribution in [0.25, 0.3) is 0 Å². The van der Waals surface area contributed by atoms with Gasteiger partial charge in [-0.25, -0.2) is 0 Å². The Hall–Kier alpha value is -1.06. The van der Waals surface area contributed by atoms with Crippen LogP contribution in [0.1, 0.15) is 23.6 Å². The lowest BCUT2D eigenvalue weighted by atomic mass is 10.1. The molecule has 0 spiro atoms. The summed E-state index contributed by atoms with van der Waals surface area (Å²) in [5.41, 5.74) is 3.19. The van der Waals surface area contributed by atoms with Gasteiger partial charge in [-0.2, -0.15) is 0 Å². The number of nitrogens with zero attached hydrogens (tertiary/aromatic N) is 1. The lowest BCUT2D eigenvalue weighted by Gasteiger charge is -2.31. The Balaban J connectivity index is 2.08. The Morgan fingerprint density at radius 2 is 2.00 bits per heavy atom. The van der Waals surface area contributed by atoms with Gasteiger partial charge in [0.15, 0.2) is 0 Å². The second-order valence-corrected chi connectivity index (χ2v) is 4.99. The van der Waals surface area contributed by atoms with Crippen molar-refractivity contribution in [1.29, 1.82) is 0 Å². The van der Waals surface area contributed by atoms with E-state index in [1.165, 1.54) is 5.56 Å². The number of benzene rings is 1. The van der Waals surface area contributed by atoms with E-state index in [0.29, 0.717) is 11.9 Å².